The third-order valence-electron chi connectivity index (χ3n) is 4.01. The molecule has 2 aromatic rings. The van der Waals surface area contributed by atoms with Gasteiger partial charge in [0, 0.05) is 4.91 Å². The fourth-order valence-electron chi connectivity index (χ4n) is 2.79. The summed E-state index contributed by atoms with van der Waals surface area (Å²) < 4.78 is 50.5. The Hall–Kier alpha value is 0.950. The van der Waals surface area contributed by atoms with Crippen LogP contribution in [-0.2, 0) is 31.6 Å². The van der Waals surface area contributed by atoms with Gasteiger partial charge in [0.25, 0.3) is 23.5 Å². The maximum atomic E-state index is 11.7. The minimum Gasteiger partial charge on any atom is -0.756 e. The maximum Gasteiger partial charge on any atom is 1.00 e. The van der Waals surface area contributed by atoms with Crippen molar-refractivity contribution in [2.24, 2.45) is 5.11 Å². The zero-order valence-corrected chi connectivity index (χ0v) is 27.8. The summed E-state index contributed by atoms with van der Waals surface area (Å²) in [5.74, 6) is -0.555. The first kappa shape index (κ1) is 38.0. The number of hydrogen-bond donors (Lipinski definition) is 4. The molecular weight excluding hydrogens is 602 g/mol. The number of fused-ring (bicyclic) bond motifs is 1. The van der Waals surface area contributed by atoms with Crippen LogP contribution in [0, 0.1) is 0 Å². The van der Waals surface area contributed by atoms with E-state index in [0.29, 0.717) is 0 Å². The van der Waals surface area contributed by atoms with Crippen LogP contribution in [0.1, 0.15) is 6.23 Å². The summed E-state index contributed by atoms with van der Waals surface area (Å²) in [6, 6.07) is 0. The number of nitrogens with zero attached hydrogens (tertiary/aromatic N) is 7. The average Bonchev–Trinajstić information content (AvgIpc) is 3.16. The van der Waals surface area contributed by atoms with Crippen LogP contribution in [0.15, 0.2) is 11.4 Å². The van der Waals surface area contributed by atoms with E-state index in [9.17, 15) is 38.6 Å². The Bertz CT molecular complexity index is 1290. The first-order valence-corrected chi connectivity index (χ1v) is 12.8. The smallest absolute Gasteiger partial charge is 0.756 e. The quantitative estimate of drug-likeness (QED) is 0.0669. The number of aliphatic hydroxyl groups excluding tert-OH is 2. The standard InChI is InChI=1S/C10H15N8O13P3.3Na/c11-7-4-8(14-2-13-7)18(10(15-4)16-17-12)9-6(20)5(19)3(29-9)1-28-33(24,25)31-34(26,27)30-32(21,22)23;;;/h2-3,5-6,9,19-20H,1H2,(H,24,25)(H,26,27)(H2,11,13,14)(H2,21,22,23);;;/q;3*+1/p-3/t3-,5?,6+,9-;;;/m1.../s1. The monoisotopic (exact) mass is 614 g/mol. The van der Waals surface area contributed by atoms with Crippen LogP contribution < -0.4 is 109 Å². The van der Waals surface area contributed by atoms with Crippen molar-refractivity contribution < 1.29 is 150 Å². The summed E-state index contributed by atoms with van der Waals surface area (Å²) in [6.45, 7) is -1.16. The summed E-state index contributed by atoms with van der Waals surface area (Å²) in [6.07, 6.45) is -5.94. The molecule has 21 nitrogen and oxygen atoms in total. The summed E-state index contributed by atoms with van der Waals surface area (Å²) >= 11 is 0. The minimum absolute atomic E-state index is 0. The number of phosphoric ester groups is 1. The molecule has 3 heterocycles. The van der Waals surface area contributed by atoms with Crippen molar-refractivity contribution in [1.29, 1.82) is 0 Å². The molecule has 1 aliphatic rings. The minimum atomic E-state index is -6.14. The van der Waals surface area contributed by atoms with Crippen LogP contribution in [0.5, 0.6) is 0 Å². The third-order valence-corrected chi connectivity index (χ3v) is 7.70. The van der Waals surface area contributed by atoms with E-state index in [1.807, 2.05) is 0 Å². The van der Waals surface area contributed by atoms with Crippen molar-refractivity contribution in [3.63, 3.8) is 0 Å². The molecule has 4 unspecified atom stereocenters. The number of aliphatic hydroxyl groups is 2. The molecule has 1 saturated heterocycles. The molecule has 1 aliphatic heterocycles. The summed E-state index contributed by atoms with van der Waals surface area (Å²) in [4.78, 5) is 55.8. The van der Waals surface area contributed by atoms with Crippen LogP contribution in [0.25, 0.3) is 21.6 Å². The third kappa shape index (κ3) is 9.78. The predicted octanol–water partition coefficient (Wildman–Crippen LogP) is -11.6. The number of ether oxygens (including phenoxy) is 1. The number of hydrogen-bond acceptors (Lipinski definition) is 17. The molecule has 188 valence electrons. The van der Waals surface area contributed by atoms with E-state index in [-0.39, 0.29) is 106 Å². The van der Waals surface area contributed by atoms with Gasteiger partial charge in [0.1, 0.15) is 24.6 Å². The molecule has 0 saturated carbocycles. The van der Waals surface area contributed by atoms with Gasteiger partial charge in [-0.3, -0.25) is 18.3 Å². The van der Waals surface area contributed by atoms with Crippen molar-refractivity contribution >= 4 is 46.4 Å². The van der Waals surface area contributed by atoms with Gasteiger partial charge in [0.05, 0.1) is 6.61 Å². The molecule has 1 fully saturated rings. The van der Waals surface area contributed by atoms with Gasteiger partial charge < -0.3 is 44.8 Å². The first-order valence-electron chi connectivity index (χ1n) is 8.42. The fourth-order valence-corrected chi connectivity index (χ4v) is 5.69. The Kier molecular flexibility index (Phi) is 15.1. The molecular formula is C10H12N8Na3O13P3. The number of azide groups is 1. The van der Waals surface area contributed by atoms with Gasteiger partial charge in [-0.25, -0.2) is 23.6 Å². The van der Waals surface area contributed by atoms with Gasteiger partial charge in [-0.1, -0.05) is 0 Å². The van der Waals surface area contributed by atoms with Crippen molar-refractivity contribution in [1.82, 2.24) is 19.5 Å². The van der Waals surface area contributed by atoms with Gasteiger partial charge in [0.2, 0.25) is 5.95 Å². The normalized spacial score (nSPS) is 25.8. The summed E-state index contributed by atoms with van der Waals surface area (Å²) in [5.41, 5.74) is 14.3. The molecule has 5 N–H and O–H groups in total. The topological polar surface area (TPSA) is 336 Å². The Morgan fingerprint density at radius 2 is 1.76 bits per heavy atom. The number of phosphoric acid groups is 3. The average molecular weight is 614 g/mol. The Labute approximate surface area is 272 Å². The predicted molar refractivity (Wildman–Crippen MR) is 97.6 cm³/mol. The van der Waals surface area contributed by atoms with Crippen LogP contribution in [0.2, 0.25) is 0 Å². The molecule has 0 spiro atoms. The molecule has 37 heavy (non-hydrogen) atoms. The van der Waals surface area contributed by atoms with Crippen LogP contribution >= 0.6 is 23.5 Å². The Morgan fingerprint density at radius 1 is 1.14 bits per heavy atom. The molecule has 27 heteroatoms. The van der Waals surface area contributed by atoms with Gasteiger partial charge in [-0.15, -0.1) is 0 Å². The molecule has 0 bridgehead atoms. The zero-order valence-electron chi connectivity index (χ0n) is 19.1. The number of nitrogens with two attached hydrogens (primary N) is 1. The second kappa shape index (κ2) is 14.7. The van der Waals surface area contributed by atoms with Crippen molar-refractivity contribution in [2.45, 2.75) is 24.5 Å². The van der Waals surface area contributed by atoms with Crippen LogP contribution in [-0.4, -0.2) is 59.5 Å². The van der Waals surface area contributed by atoms with Gasteiger partial charge in [-0.05, 0) is 10.6 Å². The van der Waals surface area contributed by atoms with E-state index >= 15 is 0 Å². The van der Waals surface area contributed by atoms with E-state index in [4.69, 9.17) is 20.9 Å². The van der Waals surface area contributed by atoms with E-state index in [2.05, 4.69) is 38.1 Å². The molecule has 0 aromatic carbocycles. The molecule has 0 aliphatic carbocycles. The number of nitrogen functional groups attached to an aromatic ring is 1. The number of imidazole rings is 1. The number of anilines is 1. The van der Waals surface area contributed by atoms with E-state index < -0.39 is 60.6 Å². The van der Waals surface area contributed by atoms with Crippen LogP contribution in [0.4, 0.5) is 11.8 Å². The molecule has 0 amide bonds. The summed E-state index contributed by atoms with van der Waals surface area (Å²) in [5, 5.41) is 23.9. The molecule has 3 rings (SSSR count). The SMILES string of the molecule is [N-]=[N+]=Nc1nc2c(N)ncnc2n1[C@@H]1O[C@H](COP(=O)([O-])OP(=O)([O-])OP(=O)([O-])O)C(O)[C@@H]1O.[Na+].[Na+].[Na+]. The molecule has 7 atom stereocenters. The number of aromatic nitrogens is 4. The van der Waals surface area contributed by atoms with Gasteiger partial charge in [-0.2, -0.15) is 0 Å². The fraction of sp³-hybridized carbons (Fsp3) is 0.500. The van der Waals surface area contributed by atoms with Crippen molar-refractivity contribution in [2.75, 3.05) is 12.3 Å². The Morgan fingerprint density at radius 3 is 2.32 bits per heavy atom. The van der Waals surface area contributed by atoms with Gasteiger partial charge >= 0.3 is 88.7 Å². The second-order valence-corrected chi connectivity index (χ2v) is 10.6. The second-order valence-electron chi connectivity index (χ2n) is 6.27. The first-order chi connectivity index (χ1) is 15.6. The van der Waals surface area contributed by atoms with E-state index in [0.717, 1.165) is 10.9 Å². The zero-order chi connectivity index (χ0) is 25.5. The van der Waals surface area contributed by atoms with E-state index in [1.54, 1.807) is 0 Å². The maximum absolute atomic E-state index is 11.7. The molecule has 2 aromatic heterocycles. The van der Waals surface area contributed by atoms with Crippen LogP contribution in [0.3, 0.4) is 0 Å². The largest absolute Gasteiger partial charge is 1.00 e. The number of rotatable bonds is 9. The molecule has 0 radical (unpaired) electrons. The van der Waals surface area contributed by atoms with E-state index in [1.165, 1.54) is 0 Å². The van der Waals surface area contributed by atoms with Crippen molar-refractivity contribution in [3.05, 3.63) is 16.8 Å². The Balaban J connectivity index is 0.00000432. The van der Waals surface area contributed by atoms with Crippen molar-refractivity contribution in [3.8, 4) is 0 Å². The summed E-state index contributed by atoms with van der Waals surface area (Å²) in [7, 11) is -17.9. The van der Waals surface area contributed by atoms with Gasteiger partial charge in [0.15, 0.2) is 23.2 Å².